The molecule has 1 N–H and O–H groups in total. The normalized spacial score (nSPS) is 10.5. The molecule has 0 saturated carbocycles. The predicted octanol–water partition coefficient (Wildman–Crippen LogP) is 2.63. The largest absolute Gasteiger partial charge is 0.380 e. The summed E-state index contributed by atoms with van der Waals surface area (Å²) in [5, 5.41) is 7.58. The number of nitrogens with one attached hydrogen (secondary N) is 1. The van der Waals surface area contributed by atoms with Crippen LogP contribution in [-0.4, -0.2) is 21.0 Å². The van der Waals surface area contributed by atoms with Gasteiger partial charge in [0.2, 0.25) is 0 Å². The van der Waals surface area contributed by atoms with Gasteiger partial charge < -0.3 is 5.32 Å². The van der Waals surface area contributed by atoms with Crippen molar-refractivity contribution in [2.24, 2.45) is 0 Å². The Hall–Kier alpha value is -1.49. The zero-order valence-electron chi connectivity index (χ0n) is 10.1. The molecule has 0 aliphatic rings. The van der Waals surface area contributed by atoms with Crippen LogP contribution in [0.4, 0.5) is 5.69 Å². The third-order valence-corrected chi connectivity index (χ3v) is 3.15. The maximum Gasteiger partial charge on any atom is 0.0540 e. The minimum atomic E-state index is 0.777. The maximum atomic E-state index is 4.24. The highest BCUT2D eigenvalue weighted by atomic mass is 32.2. The molecule has 2 aromatic rings. The van der Waals surface area contributed by atoms with Gasteiger partial charge in [0.1, 0.15) is 0 Å². The van der Waals surface area contributed by atoms with Crippen molar-refractivity contribution in [1.82, 2.24) is 14.8 Å². The zero-order chi connectivity index (χ0) is 12.1. The summed E-state index contributed by atoms with van der Waals surface area (Å²) in [5.74, 6) is 0. The second kappa shape index (κ2) is 5.72. The van der Waals surface area contributed by atoms with Crippen LogP contribution in [-0.2, 0) is 13.1 Å². The van der Waals surface area contributed by atoms with E-state index in [-0.39, 0.29) is 0 Å². The van der Waals surface area contributed by atoms with Gasteiger partial charge in [-0.15, -0.1) is 11.8 Å². The average molecular weight is 248 g/mol. The van der Waals surface area contributed by atoms with Gasteiger partial charge in [0.05, 0.1) is 18.1 Å². The predicted molar refractivity (Wildman–Crippen MR) is 71.2 cm³/mol. The molecule has 17 heavy (non-hydrogen) atoms. The van der Waals surface area contributed by atoms with Gasteiger partial charge in [-0.3, -0.25) is 9.67 Å². The van der Waals surface area contributed by atoms with E-state index in [9.17, 15) is 0 Å². The number of nitrogens with zero attached hydrogens (tertiary/aromatic N) is 3. The lowest BCUT2D eigenvalue weighted by Crippen LogP contribution is -1.99. The van der Waals surface area contributed by atoms with Gasteiger partial charge >= 0.3 is 0 Å². The molecule has 0 aliphatic carbocycles. The first-order valence-corrected chi connectivity index (χ1v) is 6.78. The fourth-order valence-corrected chi connectivity index (χ4v) is 1.91. The van der Waals surface area contributed by atoms with E-state index < -0.39 is 0 Å². The molecule has 90 valence electrons. The van der Waals surface area contributed by atoms with Crippen LogP contribution in [0.2, 0.25) is 0 Å². The molecule has 2 aromatic heterocycles. The highest BCUT2D eigenvalue weighted by Gasteiger charge is 1.99. The Morgan fingerprint density at radius 3 is 2.94 bits per heavy atom. The van der Waals surface area contributed by atoms with E-state index in [0.717, 1.165) is 18.8 Å². The second-order valence-electron chi connectivity index (χ2n) is 3.67. The Labute approximate surface area is 105 Å². The highest BCUT2D eigenvalue weighted by molar-refractivity contribution is 7.98. The Balaban J connectivity index is 1.96. The summed E-state index contributed by atoms with van der Waals surface area (Å²) in [7, 11) is 0. The fourth-order valence-electron chi connectivity index (χ4n) is 1.50. The van der Waals surface area contributed by atoms with E-state index in [0.29, 0.717) is 0 Å². The molecule has 2 rings (SSSR count). The van der Waals surface area contributed by atoms with Crippen molar-refractivity contribution < 1.29 is 0 Å². The SMILES string of the molecule is CCn1cc(CNc2cncc(SC)c2)cn1. The van der Waals surface area contributed by atoms with E-state index in [1.165, 1.54) is 10.5 Å². The molecule has 0 bridgehead atoms. The van der Waals surface area contributed by atoms with E-state index in [1.807, 2.05) is 29.5 Å². The number of rotatable bonds is 5. The molecular formula is C12H16N4S. The average Bonchev–Trinajstić information content (AvgIpc) is 2.84. The topological polar surface area (TPSA) is 42.7 Å². The molecule has 0 aliphatic heterocycles. The number of aromatic nitrogens is 3. The first-order valence-electron chi connectivity index (χ1n) is 5.56. The number of pyridine rings is 1. The molecule has 4 nitrogen and oxygen atoms in total. The molecule has 0 spiro atoms. The van der Waals surface area contributed by atoms with Crippen molar-refractivity contribution in [3.05, 3.63) is 36.4 Å². The van der Waals surface area contributed by atoms with Crippen molar-refractivity contribution in [2.75, 3.05) is 11.6 Å². The highest BCUT2D eigenvalue weighted by Crippen LogP contribution is 2.17. The molecule has 0 saturated heterocycles. The number of hydrogen-bond donors (Lipinski definition) is 1. The van der Waals surface area contributed by atoms with Crippen LogP contribution in [0.5, 0.6) is 0 Å². The van der Waals surface area contributed by atoms with Crippen molar-refractivity contribution >= 4 is 17.4 Å². The van der Waals surface area contributed by atoms with Crippen LogP contribution in [0, 0.1) is 0 Å². The van der Waals surface area contributed by atoms with Crippen LogP contribution in [0.25, 0.3) is 0 Å². The van der Waals surface area contributed by atoms with Crippen molar-refractivity contribution in [3.8, 4) is 0 Å². The fraction of sp³-hybridized carbons (Fsp3) is 0.333. The molecule has 0 aromatic carbocycles. The number of aryl methyl sites for hydroxylation is 1. The zero-order valence-corrected chi connectivity index (χ0v) is 10.9. The van der Waals surface area contributed by atoms with Gasteiger partial charge in [0.25, 0.3) is 0 Å². The summed E-state index contributed by atoms with van der Waals surface area (Å²) >= 11 is 1.69. The monoisotopic (exact) mass is 248 g/mol. The lowest BCUT2D eigenvalue weighted by atomic mass is 10.3. The summed E-state index contributed by atoms with van der Waals surface area (Å²) in [5.41, 5.74) is 2.22. The van der Waals surface area contributed by atoms with Gasteiger partial charge in [-0.1, -0.05) is 0 Å². The molecule has 0 amide bonds. The third-order valence-electron chi connectivity index (χ3n) is 2.46. The molecule has 0 atom stereocenters. The van der Waals surface area contributed by atoms with Gasteiger partial charge in [-0.25, -0.2) is 0 Å². The molecule has 5 heteroatoms. The van der Waals surface area contributed by atoms with Crippen LogP contribution in [0.15, 0.2) is 35.7 Å². The second-order valence-corrected chi connectivity index (χ2v) is 4.55. The molecule has 0 fully saturated rings. The number of thioether (sulfide) groups is 1. The Bertz CT molecular complexity index is 481. The van der Waals surface area contributed by atoms with Crippen LogP contribution in [0.1, 0.15) is 12.5 Å². The van der Waals surface area contributed by atoms with E-state index in [1.54, 1.807) is 11.8 Å². The van der Waals surface area contributed by atoms with Crippen LogP contribution in [0.3, 0.4) is 0 Å². The number of hydrogen-bond acceptors (Lipinski definition) is 4. The first-order chi connectivity index (χ1) is 8.31. The molecule has 2 heterocycles. The maximum absolute atomic E-state index is 4.24. The minimum absolute atomic E-state index is 0.777. The van der Waals surface area contributed by atoms with Crippen molar-refractivity contribution in [1.29, 1.82) is 0 Å². The standard InChI is InChI=1S/C12H16N4S/c1-3-16-9-10(6-15-16)5-14-11-4-12(17-2)8-13-7-11/h4,6-9,14H,3,5H2,1-2H3. The summed E-state index contributed by atoms with van der Waals surface area (Å²) in [6.07, 6.45) is 9.70. The number of anilines is 1. The van der Waals surface area contributed by atoms with Crippen molar-refractivity contribution in [3.63, 3.8) is 0 Å². The molecule has 0 radical (unpaired) electrons. The Kier molecular flexibility index (Phi) is 4.03. The van der Waals surface area contributed by atoms with Gasteiger partial charge in [0.15, 0.2) is 0 Å². The summed E-state index contributed by atoms with van der Waals surface area (Å²) < 4.78 is 1.92. The summed E-state index contributed by atoms with van der Waals surface area (Å²) in [6, 6.07) is 2.10. The Morgan fingerprint density at radius 2 is 2.24 bits per heavy atom. The minimum Gasteiger partial charge on any atom is -0.380 e. The van der Waals surface area contributed by atoms with Crippen molar-refractivity contribution in [2.45, 2.75) is 24.9 Å². The lowest BCUT2D eigenvalue weighted by Gasteiger charge is -2.05. The van der Waals surface area contributed by atoms with Gasteiger partial charge in [0, 0.05) is 35.9 Å². The van der Waals surface area contributed by atoms with E-state index in [2.05, 4.69) is 34.6 Å². The summed E-state index contributed by atoms with van der Waals surface area (Å²) in [6.45, 7) is 3.76. The van der Waals surface area contributed by atoms with Crippen LogP contribution < -0.4 is 5.32 Å². The van der Waals surface area contributed by atoms with Gasteiger partial charge in [-0.05, 0) is 19.2 Å². The lowest BCUT2D eigenvalue weighted by molar-refractivity contribution is 0.659. The molecule has 0 unspecified atom stereocenters. The van der Waals surface area contributed by atoms with Crippen LogP contribution >= 0.6 is 11.8 Å². The molecular weight excluding hydrogens is 232 g/mol. The Morgan fingerprint density at radius 1 is 1.35 bits per heavy atom. The van der Waals surface area contributed by atoms with E-state index >= 15 is 0 Å². The quantitative estimate of drug-likeness (QED) is 0.826. The third kappa shape index (κ3) is 3.23. The van der Waals surface area contributed by atoms with E-state index in [4.69, 9.17) is 0 Å². The smallest absolute Gasteiger partial charge is 0.0540 e. The summed E-state index contributed by atoms with van der Waals surface area (Å²) in [4.78, 5) is 5.35. The van der Waals surface area contributed by atoms with Gasteiger partial charge in [-0.2, -0.15) is 5.10 Å². The first kappa shape index (κ1) is 12.0.